The lowest BCUT2D eigenvalue weighted by Gasteiger charge is -2.25. The Bertz CT molecular complexity index is 676. The Kier molecular flexibility index (Phi) is 5.48. The summed E-state index contributed by atoms with van der Waals surface area (Å²) in [6.45, 7) is 0.484. The number of nitro groups is 1. The van der Waals surface area contributed by atoms with Crippen molar-refractivity contribution >= 4 is 11.5 Å². The monoisotopic (exact) mass is 316 g/mol. The number of nitrogens with one attached hydrogen (secondary N) is 1. The first-order valence-corrected chi connectivity index (χ1v) is 7.16. The van der Waals surface area contributed by atoms with Crippen molar-refractivity contribution in [3.05, 3.63) is 58.3 Å². The third-order valence-corrected chi connectivity index (χ3v) is 3.55. The number of pyridine rings is 1. The molecule has 122 valence electrons. The summed E-state index contributed by atoms with van der Waals surface area (Å²) in [7, 11) is 5.54. The van der Waals surface area contributed by atoms with Gasteiger partial charge in [-0.3, -0.25) is 10.1 Å². The maximum atomic E-state index is 11.1. The molecule has 0 unspecified atom stereocenters. The van der Waals surface area contributed by atoms with E-state index in [0.717, 1.165) is 11.3 Å². The standard InChI is InChI=1S/C16H20N4O3/c1-19(2)15(12-6-4-7-13(10-12)23-3)11-18-16-14(20(21)22)8-5-9-17-16/h4-10,15H,11H2,1-3H3,(H,17,18)/t15-/m0/s1. The molecule has 1 aromatic heterocycles. The number of nitrogens with zero attached hydrogens (tertiary/aromatic N) is 3. The molecule has 7 heteroatoms. The highest BCUT2D eigenvalue weighted by Gasteiger charge is 2.18. The SMILES string of the molecule is COc1cccc([C@H](CNc2ncccc2[N+](=O)[O-])N(C)C)c1. The van der Waals surface area contributed by atoms with E-state index in [1.807, 2.05) is 43.3 Å². The zero-order chi connectivity index (χ0) is 16.8. The van der Waals surface area contributed by atoms with E-state index in [1.165, 1.54) is 12.3 Å². The molecule has 0 spiro atoms. The Morgan fingerprint density at radius 1 is 1.35 bits per heavy atom. The highest BCUT2D eigenvalue weighted by atomic mass is 16.6. The number of benzene rings is 1. The van der Waals surface area contributed by atoms with Crippen molar-refractivity contribution in [2.24, 2.45) is 0 Å². The van der Waals surface area contributed by atoms with Crippen LogP contribution in [0.25, 0.3) is 0 Å². The minimum atomic E-state index is -0.439. The Morgan fingerprint density at radius 3 is 2.78 bits per heavy atom. The van der Waals surface area contributed by atoms with Crippen LogP contribution in [0.2, 0.25) is 0 Å². The zero-order valence-corrected chi connectivity index (χ0v) is 13.4. The number of rotatable bonds is 7. The highest BCUT2D eigenvalue weighted by Crippen LogP contribution is 2.25. The summed E-state index contributed by atoms with van der Waals surface area (Å²) in [6, 6.07) is 10.8. The van der Waals surface area contributed by atoms with Crippen molar-refractivity contribution in [1.29, 1.82) is 0 Å². The van der Waals surface area contributed by atoms with Gasteiger partial charge in [-0.15, -0.1) is 0 Å². The van der Waals surface area contributed by atoms with Crippen molar-refractivity contribution in [2.75, 3.05) is 33.1 Å². The van der Waals surface area contributed by atoms with Crippen LogP contribution >= 0.6 is 0 Å². The number of anilines is 1. The van der Waals surface area contributed by atoms with E-state index >= 15 is 0 Å². The lowest BCUT2D eigenvalue weighted by Crippen LogP contribution is -2.27. The Balaban J connectivity index is 2.19. The van der Waals surface area contributed by atoms with E-state index in [1.54, 1.807) is 13.2 Å². The minimum absolute atomic E-state index is 0.0201. The zero-order valence-electron chi connectivity index (χ0n) is 13.4. The van der Waals surface area contributed by atoms with Crippen LogP contribution in [-0.2, 0) is 0 Å². The third-order valence-electron chi connectivity index (χ3n) is 3.55. The number of ether oxygens (including phenoxy) is 1. The van der Waals surface area contributed by atoms with Gasteiger partial charge in [-0.25, -0.2) is 4.98 Å². The normalized spacial score (nSPS) is 12.0. The molecule has 0 radical (unpaired) electrons. The van der Waals surface area contributed by atoms with Crippen LogP contribution in [0.3, 0.4) is 0 Å². The van der Waals surface area contributed by atoms with Crippen LogP contribution in [-0.4, -0.2) is 42.6 Å². The molecule has 2 rings (SSSR count). The summed E-state index contributed by atoms with van der Waals surface area (Å²) in [5, 5.41) is 14.1. The number of hydrogen-bond acceptors (Lipinski definition) is 6. The van der Waals surface area contributed by atoms with E-state index in [9.17, 15) is 10.1 Å². The molecule has 1 N–H and O–H groups in total. The highest BCUT2D eigenvalue weighted by molar-refractivity contribution is 5.55. The molecule has 1 atom stereocenters. The third kappa shape index (κ3) is 4.17. The first-order chi connectivity index (χ1) is 11.0. The van der Waals surface area contributed by atoms with E-state index in [2.05, 4.69) is 10.3 Å². The molecule has 7 nitrogen and oxygen atoms in total. The number of methoxy groups -OCH3 is 1. The predicted octanol–water partition coefficient (Wildman–Crippen LogP) is 2.71. The molecule has 0 aliphatic carbocycles. The molecule has 0 aliphatic rings. The fourth-order valence-corrected chi connectivity index (χ4v) is 2.32. The van der Waals surface area contributed by atoms with Crippen LogP contribution < -0.4 is 10.1 Å². The molecule has 1 aromatic carbocycles. The predicted molar refractivity (Wildman–Crippen MR) is 88.8 cm³/mol. The van der Waals surface area contributed by atoms with Crippen molar-refractivity contribution in [2.45, 2.75) is 6.04 Å². The van der Waals surface area contributed by atoms with Gasteiger partial charge in [0.2, 0.25) is 5.82 Å². The van der Waals surface area contributed by atoms with Gasteiger partial charge >= 0.3 is 5.69 Å². The minimum Gasteiger partial charge on any atom is -0.497 e. The van der Waals surface area contributed by atoms with Crippen LogP contribution in [0, 0.1) is 10.1 Å². The second-order valence-electron chi connectivity index (χ2n) is 5.27. The number of aromatic nitrogens is 1. The van der Waals surface area contributed by atoms with Crippen molar-refractivity contribution < 1.29 is 9.66 Å². The quantitative estimate of drug-likeness (QED) is 0.625. The smallest absolute Gasteiger partial charge is 0.311 e. The van der Waals surface area contributed by atoms with Crippen LogP contribution in [0.1, 0.15) is 11.6 Å². The molecule has 0 bridgehead atoms. The first-order valence-electron chi connectivity index (χ1n) is 7.16. The van der Waals surface area contributed by atoms with Gasteiger partial charge in [0.05, 0.1) is 18.1 Å². The molecular weight excluding hydrogens is 296 g/mol. The Hall–Kier alpha value is -2.67. The summed E-state index contributed by atoms with van der Waals surface area (Å²) in [4.78, 5) is 16.7. The number of hydrogen-bond donors (Lipinski definition) is 1. The fourth-order valence-electron chi connectivity index (χ4n) is 2.32. The van der Waals surface area contributed by atoms with Crippen molar-refractivity contribution in [3.8, 4) is 5.75 Å². The van der Waals surface area contributed by atoms with Crippen LogP contribution in [0.4, 0.5) is 11.5 Å². The molecule has 1 heterocycles. The average molecular weight is 316 g/mol. The van der Waals surface area contributed by atoms with Gasteiger partial charge in [0.1, 0.15) is 5.75 Å². The average Bonchev–Trinajstić information content (AvgIpc) is 2.55. The maximum Gasteiger partial charge on any atom is 0.311 e. The number of likely N-dealkylation sites (N-methyl/N-ethyl adjacent to an activating group) is 1. The van der Waals surface area contributed by atoms with Gasteiger partial charge in [0, 0.05) is 18.8 Å². The van der Waals surface area contributed by atoms with Crippen molar-refractivity contribution in [1.82, 2.24) is 9.88 Å². The second-order valence-corrected chi connectivity index (χ2v) is 5.27. The molecule has 0 saturated heterocycles. The Labute approximate surface area is 135 Å². The Morgan fingerprint density at radius 2 is 2.13 bits per heavy atom. The van der Waals surface area contributed by atoms with Crippen molar-refractivity contribution in [3.63, 3.8) is 0 Å². The molecular formula is C16H20N4O3. The molecule has 0 aliphatic heterocycles. The van der Waals surface area contributed by atoms with Crippen LogP contribution in [0.15, 0.2) is 42.6 Å². The van der Waals surface area contributed by atoms with Gasteiger partial charge in [-0.05, 0) is 37.9 Å². The van der Waals surface area contributed by atoms with Gasteiger partial charge in [-0.1, -0.05) is 12.1 Å². The lowest BCUT2D eigenvalue weighted by atomic mass is 10.1. The van der Waals surface area contributed by atoms with Gasteiger partial charge < -0.3 is 15.0 Å². The van der Waals surface area contributed by atoms with E-state index in [0.29, 0.717) is 6.54 Å². The summed E-state index contributed by atoms with van der Waals surface area (Å²) >= 11 is 0. The molecule has 0 fully saturated rings. The summed E-state index contributed by atoms with van der Waals surface area (Å²) < 4.78 is 5.26. The van der Waals surface area contributed by atoms with Crippen LogP contribution in [0.5, 0.6) is 5.75 Å². The van der Waals surface area contributed by atoms with Gasteiger partial charge in [-0.2, -0.15) is 0 Å². The first kappa shape index (κ1) is 16.7. The fraction of sp³-hybridized carbons (Fsp3) is 0.312. The topological polar surface area (TPSA) is 80.5 Å². The maximum absolute atomic E-state index is 11.1. The summed E-state index contributed by atoms with van der Waals surface area (Å²) in [5.74, 6) is 1.05. The summed E-state index contributed by atoms with van der Waals surface area (Å²) in [5.41, 5.74) is 1.02. The van der Waals surface area contributed by atoms with E-state index in [4.69, 9.17) is 4.74 Å². The molecule has 0 amide bonds. The van der Waals surface area contributed by atoms with Gasteiger partial charge in [0.25, 0.3) is 0 Å². The van der Waals surface area contributed by atoms with E-state index < -0.39 is 4.92 Å². The van der Waals surface area contributed by atoms with E-state index in [-0.39, 0.29) is 17.5 Å². The molecule has 2 aromatic rings. The molecule has 0 saturated carbocycles. The second kappa shape index (κ2) is 7.55. The molecule has 23 heavy (non-hydrogen) atoms. The van der Waals surface area contributed by atoms with Gasteiger partial charge in [0.15, 0.2) is 0 Å². The lowest BCUT2D eigenvalue weighted by molar-refractivity contribution is -0.384. The largest absolute Gasteiger partial charge is 0.497 e. The summed E-state index contributed by atoms with van der Waals surface area (Å²) in [6.07, 6.45) is 1.53.